The monoisotopic (exact) mass is 767 g/mol. The molecule has 0 saturated carbocycles. The molecule has 5 atom stereocenters. The van der Waals surface area contributed by atoms with Gasteiger partial charge in [-0.1, -0.05) is 188 Å². The van der Waals surface area contributed by atoms with Crippen LogP contribution in [0.3, 0.4) is 0 Å². The van der Waals surface area contributed by atoms with Crippen LogP contribution in [-0.2, 0) is 10.8 Å². The van der Waals surface area contributed by atoms with Gasteiger partial charge >= 0.3 is 0 Å². The average Bonchev–Trinajstić information content (AvgIpc) is 3.78. The molecule has 60 heavy (non-hydrogen) atoms. The van der Waals surface area contributed by atoms with E-state index >= 15 is 0 Å². The molecule has 6 aromatic rings. The number of fused-ring (bicyclic) bond motifs is 18. The third-order valence-electron chi connectivity index (χ3n) is 15.4. The van der Waals surface area contributed by atoms with Crippen LogP contribution in [0.15, 0.2) is 217 Å². The fourth-order valence-electron chi connectivity index (χ4n) is 13.4. The first-order valence-electron chi connectivity index (χ1n) is 21.9. The third kappa shape index (κ3) is 4.22. The van der Waals surface area contributed by atoms with Crippen molar-refractivity contribution in [1.29, 1.82) is 0 Å². The second-order valence-corrected chi connectivity index (χ2v) is 17.7. The van der Waals surface area contributed by atoms with E-state index in [9.17, 15) is 0 Å². The topological polar surface area (TPSA) is 12.0 Å². The quantitative estimate of drug-likeness (QED) is 0.189. The normalized spacial score (nSPS) is 25.2. The molecule has 0 aliphatic heterocycles. The highest BCUT2D eigenvalue weighted by Gasteiger charge is 2.65. The fourth-order valence-corrected chi connectivity index (χ4v) is 13.4. The van der Waals surface area contributed by atoms with Gasteiger partial charge in [0.1, 0.15) is 0 Å². The molecule has 0 aromatic heterocycles. The number of hydrogen-bond acceptors (Lipinski definition) is 1. The molecule has 7 aliphatic rings. The minimum absolute atomic E-state index is 0.140. The number of hydrogen-bond donors (Lipinski definition) is 1. The largest absolute Gasteiger partial charge is 0.388 e. The van der Waals surface area contributed by atoms with Gasteiger partial charge in [0.25, 0.3) is 0 Å². The summed E-state index contributed by atoms with van der Waals surface area (Å²) in [6.07, 6.45) is 24.4. The first kappa shape index (κ1) is 34.2. The van der Waals surface area contributed by atoms with Crippen LogP contribution in [-0.4, -0.2) is 7.05 Å². The van der Waals surface area contributed by atoms with E-state index in [1.54, 1.807) is 5.57 Å². The predicted molar refractivity (Wildman–Crippen MR) is 247 cm³/mol. The molecule has 5 unspecified atom stereocenters. The number of benzene rings is 6. The van der Waals surface area contributed by atoms with Crippen molar-refractivity contribution in [2.75, 3.05) is 12.4 Å². The Morgan fingerprint density at radius 1 is 0.533 bits per heavy atom. The van der Waals surface area contributed by atoms with E-state index in [2.05, 4.69) is 206 Å². The van der Waals surface area contributed by atoms with Crippen LogP contribution in [0, 0.1) is 17.8 Å². The van der Waals surface area contributed by atoms with Gasteiger partial charge in [-0.2, -0.15) is 0 Å². The summed E-state index contributed by atoms with van der Waals surface area (Å²) in [6, 6.07) is 56.0. The van der Waals surface area contributed by atoms with Gasteiger partial charge in [0.15, 0.2) is 0 Å². The molecular formula is C59H45N. The van der Waals surface area contributed by atoms with E-state index in [1.165, 1.54) is 82.8 Å². The van der Waals surface area contributed by atoms with Crippen LogP contribution in [0.4, 0.5) is 5.69 Å². The van der Waals surface area contributed by atoms with E-state index in [0.717, 1.165) is 18.5 Å². The summed E-state index contributed by atoms with van der Waals surface area (Å²) < 4.78 is 0. The zero-order chi connectivity index (χ0) is 39.6. The number of rotatable bonds is 3. The van der Waals surface area contributed by atoms with Crippen LogP contribution in [0.25, 0.3) is 22.3 Å². The Balaban J connectivity index is 1.15. The van der Waals surface area contributed by atoms with E-state index in [1.807, 2.05) is 7.05 Å². The Bertz CT molecular complexity index is 3110. The van der Waals surface area contributed by atoms with E-state index in [0.29, 0.717) is 5.92 Å². The minimum atomic E-state index is -0.357. The maximum atomic E-state index is 3.32. The molecule has 7 aliphatic carbocycles. The highest BCUT2D eigenvalue weighted by Crippen LogP contribution is 2.71. The maximum Gasteiger partial charge on any atom is 0.0535 e. The smallest absolute Gasteiger partial charge is 0.0535 e. The lowest BCUT2D eigenvalue weighted by Crippen LogP contribution is -2.54. The molecule has 2 spiro atoms. The maximum absolute atomic E-state index is 3.32. The first-order valence-corrected chi connectivity index (χ1v) is 21.9. The molecule has 286 valence electrons. The van der Waals surface area contributed by atoms with Crippen molar-refractivity contribution in [3.63, 3.8) is 0 Å². The van der Waals surface area contributed by atoms with Gasteiger partial charge in [0.2, 0.25) is 0 Å². The van der Waals surface area contributed by atoms with Crippen LogP contribution >= 0.6 is 0 Å². The number of nitrogens with one attached hydrogen (secondary N) is 1. The van der Waals surface area contributed by atoms with Crippen molar-refractivity contribution >= 4 is 16.8 Å². The van der Waals surface area contributed by atoms with Crippen molar-refractivity contribution in [3.05, 3.63) is 266 Å². The average molecular weight is 768 g/mol. The van der Waals surface area contributed by atoms with Gasteiger partial charge < -0.3 is 5.32 Å². The van der Waals surface area contributed by atoms with Gasteiger partial charge in [0, 0.05) is 41.8 Å². The number of anilines is 1. The molecular weight excluding hydrogens is 723 g/mol. The predicted octanol–water partition coefficient (Wildman–Crippen LogP) is 11.6. The Hall–Kier alpha value is -6.70. The lowest BCUT2D eigenvalue weighted by Gasteiger charge is -2.57. The van der Waals surface area contributed by atoms with Crippen molar-refractivity contribution in [1.82, 2.24) is 0 Å². The van der Waals surface area contributed by atoms with Gasteiger partial charge in [0.05, 0.1) is 5.41 Å². The Morgan fingerprint density at radius 3 is 1.87 bits per heavy atom. The highest BCUT2D eigenvalue weighted by atomic mass is 14.8. The van der Waals surface area contributed by atoms with E-state index in [4.69, 9.17) is 0 Å². The second kappa shape index (κ2) is 12.7. The molecule has 1 N–H and O–H groups in total. The van der Waals surface area contributed by atoms with Gasteiger partial charge in [-0.25, -0.2) is 0 Å². The molecule has 13 rings (SSSR count). The molecule has 0 amide bonds. The summed E-state index contributed by atoms with van der Waals surface area (Å²) in [7, 11) is 1.99. The van der Waals surface area contributed by atoms with Crippen molar-refractivity contribution in [2.24, 2.45) is 17.8 Å². The minimum Gasteiger partial charge on any atom is -0.388 e. The van der Waals surface area contributed by atoms with Gasteiger partial charge in [-0.05, 0) is 113 Å². The lowest BCUT2D eigenvalue weighted by molar-refractivity contribution is 0.248. The molecule has 0 heterocycles. The lowest BCUT2D eigenvalue weighted by atomic mass is 9.44. The Labute approximate surface area is 352 Å². The van der Waals surface area contributed by atoms with Crippen LogP contribution in [0.5, 0.6) is 0 Å². The molecule has 0 fully saturated rings. The van der Waals surface area contributed by atoms with Crippen LogP contribution < -0.4 is 15.8 Å². The summed E-state index contributed by atoms with van der Waals surface area (Å²) >= 11 is 0. The van der Waals surface area contributed by atoms with Gasteiger partial charge in [-0.3, -0.25) is 0 Å². The zero-order valence-corrected chi connectivity index (χ0v) is 33.8. The summed E-state index contributed by atoms with van der Waals surface area (Å²) in [4.78, 5) is 0. The molecule has 0 bridgehead atoms. The fraction of sp³-hybridized carbons (Fsp3) is 0.153. The standard InChI is InChI=1S/C59H45N/c1-60-39-33-30-37(31-34-39)56-44-20-2-4-22-46(44)57(47-23-5-3-21-45(47)56)38-32-35-54-55(36-38)59(50-26-12-8-18-42(50)43-19-9-13-27-51(43)59)53-29-15-14-28-52(53)58(54)48-24-10-6-16-40(48)41-17-7-11-25-49(41)58/h2-18,20-22,24-36,43,47,54-55,60H,19,23H2,1H3. The zero-order valence-electron chi connectivity index (χ0n) is 33.8. The van der Waals surface area contributed by atoms with Gasteiger partial charge in [-0.15, -0.1) is 0 Å². The van der Waals surface area contributed by atoms with Crippen LogP contribution in [0.1, 0.15) is 57.7 Å². The summed E-state index contributed by atoms with van der Waals surface area (Å²) in [5.74, 6) is 0.896. The van der Waals surface area contributed by atoms with Crippen LogP contribution in [0.2, 0.25) is 0 Å². The molecule has 0 saturated heterocycles. The van der Waals surface area contributed by atoms with Crippen molar-refractivity contribution in [2.45, 2.75) is 29.6 Å². The van der Waals surface area contributed by atoms with E-state index in [-0.39, 0.29) is 28.6 Å². The Morgan fingerprint density at radius 2 is 1.13 bits per heavy atom. The summed E-state index contributed by atoms with van der Waals surface area (Å²) in [5, 5.41) is 6.01. The SMILES string of the molecule is CNc1ccc(C2=c3ccccc3=C(C3=CC4C(C=C3)C3(c5ccccc5-c5ccccc53)c3ccccc3C43C4=CC=CCC4c4ccccc43)C3CC=CC=C23)cc1. The highest BCUT2D eigenvalue weighted by molar-refractivity contribution is 5.91. The second-order valence-electron chi connectivity index (χ2n) is 17.7. The first-order chi connectivity index (χ1) is 29.7. The number of allylic oxidation sites excluding steroid dienone is 12. The van der Waals surface area contributed by atoms with Crippen molar-refractivity contribution in [3.8, 4) is 11.1 Å². The molecule has 0 radical (unpaired) electrons. The third-order valence-corrected chi connectivity index (χ3v) is 15.4. The molecule has 1 heteroatoms. The summed E-state index contributed by atoms with van der Waals surface area (Å²) in [6.45, 7) is 0. The van der Waals surface area contributed by atoms with E-state index < -0.39 is 0 Å². The van der Waals surface area contributed by atoms with Crippen molar-refractivity contribution < 1.29 is 0 Å². The summed E-state index contributed by atoms with van der Waals surface area (Å²) in [5.41, 5.74) is 20.4. The molecule has 1 nitrogen and oxygen atoms in total. The Kier molecular flexibility index (Phi) is 7.21. The molecule has 6 aromatic carbocycles.